The predicted molar refractivity (Wildman–Crippen MR) is 72.1 cm³/mol. The van der Waals surface area contributed by atoms with Crippen molar-refractivity contribution in [1.29, 1.82) is 0 Å². The van der Waals surface area contributed by atoms with E-state index in [-0.39, 0.29) is 11.9 Å². The molecule has 0 bridgehead atoms. The van der Waals surface area contributed by atoms with Crippen LogP contribution >= 0.6 is 11.5 Å². The van der Waals surface area contributed by atoms with Crippen molar-refractivity contribution in [1.82, 2.24) is 4.37 Å². The second-order valence-corrected chi connectivity index (χ2v) is 4.47. The summed E-state index contributed by atoms with van der Waals surface area (Å²) < 4.78 is 14.0. The summed E-state index contributed by atoms with van der Waals surface area (Å²) in [5.74, 6) is -0.244. The monoisotopic (exact) mass is 273 g/mol. The van der Waals surface area contributed by atoms with Crippen molar-refractivity contribution < 1.29 is 14.3 Å². The molecule has 3 N–H and O–H groups in total. The van der Waals surface area contributed by atoms with Gasteiger partial charge in [0.05, 0.1) is 19.3 Å². The minimum absolute atomic E-state index is 0.114. The smallest absolute Gasteiger partial charge is 0.344 e. The SMILES string of the molecule is CCOC(=O)c1c(N)nsc1NC(CC)COC. The van der Waals surface area contributed by atoms with Crippen LogP contribution in [0.2, 0.25) is 0 Å². The van der Waals surface area contributed by atoms with Crippen LogP contribution in [-0.2, 0) is 9.47 Å². The maximum Gasteiger partial charge on any atom is 0.344 e. The van der Waals surface area contributed by atoms with Gasteiger partial charge in [0.1, 0.15) is 10.6 Å². The second-order valence-electron chi connectivity index (χ2n) is 3.70. The number of carbonyl (C=O) groups is 1. The van der Waals surface area contributed by atoms with E-state index in [4.69, 9.17) is 15.2 Å². The summed E-state index contributed by atoms with van der Waals surface area (Å²) in [6.45, 7) is 4.64. The van der Waals surface area contributed by atoms with Gasteiger partial charge in [-0.15, -0.1) is 0 Å². The molecule has 1 aromatic heterocycles. The lowest BCUT2D eigenvalue weighted by molar-refractivity contribution is 0.0529. The third kappa shape index (κ3) is 3.58. The van der Waals surface area contributed by atoms with E-state index in [1.54, 1.807) is 14.0 Å². The van der Waals surface area contributed by atoms with Crippen LogP contribution in [0.25, 0.3) is 0 Å². The van der Waals surface area contributed by atoms with E-state index in [1.807, 2.05) is 6.92 Å². The molecule has 0 saturated heterocycles. The second kappa shape index (κ2) is 7.17. The van der Waals surface area contributed by atoms with Gasteiger partial charge in [0.25, 0.3) is 0 Å². The number of ether oxygens (including phenoxy) is 2. The van der Waals surface area contributed by atoms with E-state index in [0.29, 0.717) is 23.8 Å². The molecule has 0 aliphatic rings. The van der Waals surface area contributed by atoms with Gasteiger partial charge in [-0.1, -0.05) is 6.92 Å². The molecule has 1 atom stereocenters. The van der Waals surface area contributed by atoms with Gasteiger partial charge in [-0.2, -0.15) is 4.37 Å². The van der Waals surface area contributed by atoms with Crippen LogP contribution in [-0.4, -0.2) is 36.7 Å². The van der Waals surface area contributed by atoms with Crippen molar-refractivity contribution >= 4 is 28.3 Å². The van der Waals surface area contributed by atoms with E-state index in [2.05, 4.69) is 9.69 Å². The molecule has 1 heterocycles. The summed E-state index contributed by atoms with van der Waals surface area (Å²) >= 11 is 1.16. The summed E-state index contributed by atoms with van der Waals surface area (Å²) in [7, 11) is 1.64. The molecule has 0 aliphatic carbocycles. The van der Waals surface area contributed by atoms with E-state index in [9.17, 15) is 4.79 Å². The van der Waals surface area contributed by atoms with Crippen molar-refractivity contribution in [2.45, 2.75) is 26.3 Å². The quantitative estimate of drug-likeness (QED) is 0.736. The fraction of sp³-hybridized carbons (Fsp3) is 0.636. The van der Waals surface area contributed by atoms with Gasteiger partial charge in [-0.3, -0.25) is 0 Å². The van der Waals surface area contributed by atoms with Gasteiger partial charge in [-0.25, -0.2) is 4.79 Å². The largest absolute Gasteiger partial charge is 0.462 e. The summed E-state index contributed by atoms with van der Waals surface area (Å²) in [5, 5.41) is 3.84. The van der Waals surface area contributed by atoms with Gasteiger partial charge in [-0.05, 0) is 24.9 Å². The molecule has 0 saturated carbocycles. The molecule has 6 nitrogen and oxygen atoms in total. The Bertz CT molecular complexity index is 395. The zero-order chi connectivity index (χ0) is 13.5. The Kier molecular flexibility index (Phi) is 5.87. The highest BCUT2D eigenvalue weighted by atomic mass is 32.1. The third-order valence-corrected chi connectivity index (χ3v) is 3.19. The molecule has 0 fully saturated rings. The van der Waals surface area contributed by atoms with Gasteiger partial charge in [0, 0.05) is 7.11 Å². The van der Waals surface area contributed by atoms with Gasteiger partial charge >= 0.3 is 5.97 Å². The Labute approximate surface area is 111 Å². The van der Waals surface area contributed by atoms with Crippen molar-refractivity contribution in [2.24, 2.45) is 0 Å². The maximum absolute atomic E-state index is 11.8. The molecule has 0 amide bonds. The first kappa shape index (κ1) is 14.7. The molecule has 0 spiro atoms. The van der Waals surface area contributed by atoms with Crippen LogP contribution in [0.5, 0.6) is 0 Å². The lowest BCUT2D eigenvalue weighted by Crippen LogP contribution is -2.24. The Morgan fingerprint density at radius 2 is 2.28 bits per heavy atom. The number of carbonyl (C=O) groups excluding carboxylic acids is 1. The number of hydrogen-bond donors (Lipinski definition) is 2. The molecule has 0 aliphatic heterocycles. The predicted octanol–water partition coefficient (Wildman–Crippen LogP) is 1.74. The van der Waals surface area contributed by atoms with E-state index >= 15 is 0 Å². The van der Waals surface area contributed by atoms with Crippen molar-refractivity contribution in [3.63, 3.8) is 0 Å². The Hall–Kier alpha value is -1.34. The topological polar surface area (TPSA) is 86.5 Å². The number of rotatable bonds is 7. The highest BCUT2D eigenvalue weighted by Crippen LogP contribution is 2.28. The third-order valence-electron chi connectivity index (χ3n) is 2.39. The Morgan fingerprint density at radius 3 is 2.83 bits per heavy atom. The zero-order valence-corrected chi connectivity index (χ0v) is 11.7. The minimum Gasteiger partial charge on any atom is -0.462 e. The summed E-state index contributed by atoms with van der Waals surface area (Å²) in [5.41, 5.74) is 6.01. The van der Waals surface area contributed by atoms with Gasteiger partial charge in [0.15, 0.2) is 5.82 Å². The van der Waals surface area contributed by atoms with Crippen LogP contribution in [0.3, 0.4) is 0 Å². The summed E-state index contributed by atoms with van der Waals surface area (Å²) in [6, 6.07) is 0.114. The summed E-state index contributed by atoms with van der Waals surface area (Å²) in [6.07, 6.45) is 0.869. The molecule has 18 heavy (non-hydrogen) atoms. The molecular formula is C11H19N3O3S. The first-order chi connectivity index (χ1) is 8.63. The first-order valence-electron chi connectivity index (χ1n) is 5.81. The number of nitrogen functional groups attached to an aromatic ring is 1. The highest BCUT2D eigenvalue weighted by molar-refractivity contribution is 7.11. The van der Waals surface area contributed by atoms with Gasteiger partial charge < -0.3 is 20.5 Å². The van der Waals surface area contributed by atoms with Crippen LogP contribution < -0.4 is 11.1 Å². The first-order valence-corrected chi connectivity index (χ1v) is 6.59. The minimum atomic E-state index is -0.446. The standard InChI is InChI=1S/C11H19N3O3S/c1-4-7(6-16-3)13-10-8(9(12)14-18-10)11(15)17-5-2/h7,13H,4-6H2,1-3H3,(H2,12,14). The number of hydrogen-bond acceptors (Lipinski definition) is 7. The van der Waals surface area contributed by atoms with Crippen LogP contribution in [0.4, 0.5) is 10.8 Å². The molecular weight excluding hydrogens is 254 g/mol. The molecule has 1 unspecified atom stereocenters. The lowest BCUT2D eigenvalue weighted by atomic mass is 10.2. The van der Waals surface area contributed by atoms with Crippen molar-refractivity contribution in [2.75, 3.05) is 31.4 Å². The van der Waals surface area contributed by atoms with Crippen LogP contribution in [0.15, 0.2) is 0 Å². The number of esters is 1. The van der Waals surface area contributed by atoms with E-state index < -0.39 is 5.97 Å². The number of methoxy groups -OCH3 is 1. The molecule has 7 heteroatoms. The lowest BCUT2D eigenvalue weighted by Gasteiger charge is -2.16. The van der Waals surface area contributed by atoms with Crippen LogP contribution in [0.1, 0.15) is 30.6 Å². The highest BCUT2D eigenvalue weighted by Gasteiger charge is 2.22. The fourth-order valence-electron chi connectivity index (χ4n) is 1.45. The molecule has 1 aromatic rings. The molecule has 1 rings (SSSR count). The van der Waals surface area contributed by atoms with Crippen LogP contribution in [0, 0.1) is 0 Å². The summed E-state index contributed by atoms with van der Waals surface area (Å²) in [4.78, 5) is 11.8. The number of anilines is 2. The number of nitrogens with zero attached hydrogens (tertiary/aromatic N) is 1. The van der Waals surface area contributed by atoms with E-state index in [0.717, 1.165) is 18.0 Å². The molecule has 0 radical (unpaired) electrons. The number of nitrogens with one attached hydrogen (secondary N) is 1. The normalized spacial score (nSPS) is 12.2. The van der Waals surface area contributed by atoms with Gasteiger partial charge in [0.2, 0.25) is 0 Å². The Balaban J connectivity index is 2.85. The van der Waals surface area contributed by atoms with Crippen molar-refractivity contribution in [3.05, 3.63) is 5.56 Å². The number of aromatic nitrogens is 1. The fourth-order valence-corrected chi connectivity index (χ4v) is 2.23. The van der Waals surface area contributed by atoms with Crippen molar-refractivity contribution in [3.8, 4) is 0 Å². The maximum atomic E-state index is 11.8. The molecule has 0 aromatic carbocycles. The average Bonchev–Trinajstić information content (AvgIpc) is 2.70. The average molecular weight is 273 g/mol. The van der Waals surface area contributed by atoms with E-state index in [1.165, 1.54) is 0 Å². The number of nitrogens with two attached hydrogens (primary N) is 1. The zero-order valence-electron chi connectivity index (χ0n) is 10.9. The Morgan fingerprint density at radius 1 is 1.56 bits per heavy atom. The molecule has 102 valence electrons.